The molecule has 0 aliphatic rings. The molecule has 0 spiro atoms. The van der Waals surface area contributed by atoms with E-state index in [0.717, 1.165) is 12.8 Å². The Morgan fingerprint density at radius 3 is 2.27 bits per heavy atom. The molecule has 0 fully saturated rings. The second-order valence-corrected chi connectivity index (χ2v) is 3.75. The average Bonchev–Trinajstić information content (AvgIpc) is 1.97. The van der Waals surface area contributed by atoms with Crippen molar-refractivity contribution in [2.75, 3.05) is 0 Å². The lowest BCUT2D eigenvalue weighted by Gasteiger charge is -2.14. The van der Waals surface area contributed by atoms with E-state index in [1.165, 1.54) is 19.3 Å². The van der Waals surface area contributed by atoms with E-state index in [-0.39, 0.29) is 5.92 Å². The standard InChI is InChI=1S/C9H20FP/c1-3-5-6-7-8(4-2)9(10)11/h8-9H,3-7,11H2,1-2H3. The van der Waals surface area contributed by atoms with E-state index in [1.807, 2.05) is 0 Å². The molecule has 0 aromatic rings. The topological polar surface area (TPSA) is 0 Å². The van der Waals surface area contributed by atoms with E-state index in [4.69, 9.17) is 0 Å². The molecule has 0 saturated heterocycles. The Balaban J connectivity index is 3.36. The minimum absolute atomic E-state index is 0.270. The molecule has 0 aliphatic heterocycles. The van der Waals surface area contributed by atoms with Crippen molar-refractivity contribution in [1.82, 2.24) is 0 Å². The molecular formula is C9H20FP. The Morgan fingerprint density at radius 1 is 1.27 bits per heavy atom. The molecule has 0 N–H and O–H groups in total. The van der Waals surface area contributed by atoms with Crippen LogP contribution in [0.3, 0.4) is 0 Å². The van der Waals surface area contributed by atoms with Crippen LogP contribution in [-0.4, -0.2) is 5.91 Å². The number of rotatable bonds is 6. The third kappa shape index (κ3) is 5.61. The summed E-state index contributed by atoms with van der Waals surface area (Å²) >= 11 is 0. The summed E-state index contributed by atoms with van der Waals surface area (Å²) in [6.07, 6.45) is 5.67. The van der Waals surface area contributed by atoms with Gasteiger partial charge in [0.2, 0.25) is 0 Å². The molecule has 11 heavy (non-hydrogen) atoms. The molecule has 68 valence electrons. The minimum atomic E-state index is -0.697. The number of unbranched alkanes of at least 4 members (excludes halogenated alkanes) is 2. The SMILES string of the molecule is CCCCCC(CC)C(F)P. The summed E-state index contributed by atoms with van der Waals surface area (Å²) in [6, 6.07) is 0. The molecular weight excluding hydrogens is 158 g/mol. The predicted molar refractivity (Wildman–Crippen MR) is 52.5 cm³/mol. The number of hydrogen-bond acceptors (Lipinski definition) is 0. The molecule has 0 saturated carbocycles. The van der Waals surface area contributed by atoms with Gasteiger partial charge in [-0.3, -0.25) is 0 Å². The smallest absolute Gasteiger partial charge is 0.116 e. The fourth-order valence-electron chi connectivity index (χ4n) is 1.25. The molecule has 0 aromatic carbocycles. The number of halogens is 1. The molecule has 0 radical (unpaired) electrons. The lowest BCUT2D eigenvalue weighted by Crippen LogP contribution is -2.07. The van der Waals surface area contributed by atoms with Crippen molar-refractivity contribution in [2.45, 2.75) is 51.9 Å². The average molecular weight is 178 g/mol. The highest BCUT2D eigenvalue weighted by molar-refractivity contribution is 7.17. The van der Waals surface area contributed by atoms with Crippen LogP contribution in [0.2, 0.25) is 0 Å². The van der Waals surface area contributed by atoms with E-state index >= 15 is 0 Å². The monoisotopic (exact) mass is 178 g/mol. The Kier molecular flexibility index (Phi) is 7.26. The van der Waals surface area contributed by atoms with Crippen LogP contribution in [0.25, 0.3) is 0 Å². The van der Waals surface area contributed by atoms with Gasteiger partial charge in [-0.25, -0.2) is 4.39 Å². The first-order chi connectivity index (χ1) is 5.22. The van der Waals surface area contributed by atoms with Crippen molar-refractivity contribution in [2.24, 2.45) is 5.92 Å². The van der Waals surface area contributed by atoms with E-state index in [1.54, 1.807) is 0 Å². The highest BCUT2D eigenvalue weighted by Gasteiger charge is 2.12. The summed E-state index contributed by atoms with van der Waals surface area (Å²) in [7, 11) is 2.26. The Bertz CT molecular complexity index is 83.6. The van der Waals surface area contributed by atoms with Crippen LogP contribution in [0, 0.1) is 5.92 Å². The van der Waals surface area contributed by atoms with Gasteiger partial charge in [-0.05, 0) is 12.3 Å². The van der Waals surface area contributed by atoms with Crippen molar-refractivity contribution in [3.8, 4) is 0 Å². The summed E-state index contributed by atoms with van der Waals surface area (Å²) in [4.78, 5) is 0. The summed E-state index contributed by atoms with van der Waals surface area (Å²) in [5.41, 5.74) is 0. The van der Waals surface area contributed by atoms with Gasteiger partial charge in [0.15, 0.2) is 0 Å². The van der Waals surface area contributed by atoms with E-state index in [9.17, 15) is 4.39 Å². The number of hydrogen-bond donors (Lipinski definition) is 0. The van der Waals surface area contributed by atoms with Gasteiger partial charge in [-0.15, -0.1) is 9.24 Å². The molecule has 0 aromatic heterocycles. The maximum atomic E-state index is 12.8. The van der Waals surface area contributed by atoms with Crippen LogP contribution in [0.15, 0.2) is 0 Å². The van der Waals surface area contributed by atoms with Gasteiger partial charge in [0.25, 0.3) is 0 Å². The van der Waals surface area contributed by atoms with Gasteiger partial charge in [-0.2, -0.15) is 0 Å². The normalized spacial score (nSPS) is 16.4. The van der Waals surface area contributed by atoms with Gasteiger partial charge in [-0.1, -0.05) is 39.5 Å². The van der Waals surface area contributed by atoms with Crippen molar-refractivity contribution in [3.63, 3.8) is 0 Å². The van der Waals surface area contributed by atoms with Gasteiger partial charge < -0.3 is 0 Å². The summed E-state index contributed by atoms with van der Waals surface area (Å²) in [5.74, 6) is -0.427. The third-order valence-electron chi connectivity index (χ3n) is 2.15. The lowest BCUT2D eigenvalue weighted by atomic mass is 10.00. The Morgan fingerprint density at radius 2 is 1.91 bits per heavy atom. The van der Waals surface area contributed by atoms with Gasteiger partial charge in [0, 0.05) is 0 Å². The first-order valence-corrected chi connectivity index (χ1v) is 5.28. The first-order valence-electron chi connectivity index (χ1n) is 4.62. The fraction of sp³-hybridized carbons (Fsp3) is 1.00. The zero-order valence-corrected chi connectivity index (χ0v) is 8.80. The second-order valence-electron chi connectivity index (χ2n) is 3.11. The first kappa shape index (κ1) is 11.4. The van der Waals surface area contributed by atoms with Gasteiger partial charge >= 0.3 is 0 Å². The summed E-state index contributed by atoms with van der Waals surface area (Å²) in [5, 5.41) is 0. The third-order valence-corrected chi connectivity index (χ3v) is 2.70. The van der Waals surface area contributed by atoms with Crippen molar-refractivity contribution in [1.29, 1.82) is 0 Å². The fourth-order valence-corrected chi connectivity index (χ4v) is 1.71. The maximum absolute atomic E-state index is 12.8. The van der Waals surface area contributed by atoms with Gasteiger partial charge in [0.1, 0.15) is 5.91 Å². The van der Waals surface area contributed by atoms with Crippen LogP contribution in [0.5, 0.6) is 0 Å². The van der Waals surface area contributed by atoms with E-state index in [0.29, 0.717) is 0 Å². The largest absolute Gasteiger partial charge is 0.243 e. The molecule has 2 heteroatoms. The lowest BCUT2D eigenvalue weighted by molar-refractivity contribution is 0.293. The van der Waals surface area contributed by atoms with Crippen LogP contribution >= 0.6 is 9.24 Å². The minimum Gasteiger partial charge on any atom is -0.243 e. The zero-order valence-electron chi connectivity index (χ0n) is 7.65. The summed E-state index contributed by atoms with van der Waals surface area (Å²) < 4.78 is 12.8. The number of alkyl halides is 1. The highest BCUT2D eigenvalue weighted by Crippen LogP contribution is 2.23. The van der Waals surface area contributed by atoms with Crippen LogP contribution < -0.4 is 0 Å². The molecule has 0 nitrogen and oxygen atoms in total. The molecule has 0 heterocycles. The van der Waals surface area contributed by atoms with Crippen molar-refractivity contribution < 1.29 is 4.39 Å². The van der Waals surface area contributed by atoms with Gasteiger partial charge in [0.05, 0.1) is 0 Å². The summed E-state index contributed by atoms with van der Waals surface area (Å²) in [6.45, 7) is 4.24. The molecule has 0 rings (SSSR count). The van der Waals surface area contributed by atoms with Crippen LogP contribution in [-0.2, 0) is 0 Å². The zero-order chi connectivity index (χ0) is 8.69. The predicted octanol–water partition coefficient (Wildman–Crippen LogP) is 3.76. The molecule has 0 bridgehead atoms. The quantitative estimate of drug-likeness (QED) is 0.429. The van der Waals surface area contributed by atoms with Crippen LogP contribution in [0.4, 0.5) is 4.39 Å². The second kappa shape index (κ2) is 7.03. The van der Waals surface area contributed by atoms with Crippen LogP contribution in [0.1, 0.15) is 46.0 Å². The Labute approximate surface area is 72.2 Å². The van der Waals surface area contributed by atoms with Crippen molar-refractivity contribution in [3.05, 3.63) is 0 Å². The van der Waals surface area contributed by atoms with E-state index in [2.05, 4.69) is 23.1 Å². The molecule has 0 amide bonds. The molecule has 3 atom stereocenters. The molecule has 3 unspecified atom stereocenters. The van der Waals surface area contributed by atoms with E-state index < -0.39 is 5.91 Å². The highest BCUT2D eigenvalue weighted by atomic mass is 31.0. The molecule has 0 aliphatic carbocycles. The van der Waals surface area contributed by atoms with Crippen molar-refractivity contribution >= 4 is 9.24 Å². The Hall–Kier alpha value is 0.360. The maximum Gasteiger partial charge on any atom is 0.116 e.